The van der Waals surface area contributed by atoms with Gasteiger partial charge in [0.15, 0.2) is 0 Å². The molecule has 0 saturated carbocycles. The second-order valence-electron chi connectivity index (χ2n) is 4.25. The van der Waals surface area contributed by atoms with Gasteiger partial charge in [0.25, 0.3) is 0 Å². The molecule has 0 aliphatic carbocycles. The fraction of sp³-hybridized carbons (Fsp3) is 0.231. The van der Waals surface area contributed by atoms with E-state index in [-0.39, 0.29) is 0 Å². The van der Waals surface area contributed by atoms with E-state index in [0.29, 0.717) is 16.8 Å². The van der Waals surface area contributed by atoms with E-state index < -0.39 is 21.4 Å². The van der Waals surface area contributed by atoms with Crippen LogP contribution in [0.3, 0.4) is 0 Å². The van der Waals surface area contributed by atoms with Crippen LogP contribution in [0.25, 0.3) is 10.8 Å². The second kappa shape index (κ2) is 5.38. The summed E-state index contributed by atoms with van der Waals surface area (Å²) in [6.07, 6.45) is 0.636. The molecule has 0 aromatic heterocycles. The maximum atomic E-state index is 12.3. The lowest BCUT2D eigenvalue weighted by atomic mass is 10.0. The van der Waals surface area contributed by atoms with Crippen molar-refractivity contribution in [3.63, 3.8) is 0 Å². The molecule has 3 nitrogen and oxygen atoms in total. The Morgan fingerprint density at radius 2 is 1.86 bits per heavy atom. The number of fused-ring (bicyclic) bond motifs is 1. The van der Waals surface area contributed by atoms with Crippen LogP contribution in [0, 0.1) is 0 Å². The zero-order chi connectivity index (χ0) is 15.8. The average molecular weight is 339 g/mol. The molecule has 2 aromatic carbocycles. The summed E-state index contributed by atoms with van der Waals surface area (Å²) < 4.78 is 62.8. The van der Waals surface area contributed by atoms with Gasteiger partial charge in [-0.3, -0.25) is 0 Å². The van der Waals surface area contributed by atoms with Crippen molar-refractivity contribution in [2.45, 2.75) is 18.9 Å². The van der Waals surface area contributed by atoms with Gasteiger partial charge < -0.3 is 4.18 Å². The molecule has 0 N–H and O–H groups in total. The van der Waals surface area contributed by atoms with Crippen molar-refractivity contribution in [1.82, 2.24) is 0 Å². The van der Waals surface area contributed by atoms with Gasteiger partial charge in [-0.1, -0.05) is 30.7 Å². The fourth-order valence-electron chi connectivity index (χ4n) is 1.93. The number of halogens is 4. The van der Waals surface area contributed by atoms with E-state index in [2.05, 4.69) is 4.18 Å². The first-order valence-electron chi connectivity index (χ1n) is 5.87. The van der Waals surface area contributed by atoms with E-state index in [9.17, 15) is 21.6 Å². The van der Waals surface area contributed by atoms with Crippen LogP contribution in [0.4, 0.5) is 13.2 Å². The van der Waals surface area contributed by atoms with E-state index in [4.69, 9.17) is 11.6 Å². The van der Waals surface area contributed by atoms with Gasteiger partial charge in [-0.2, -0.15) is 21.6 Å². The molecular weight excluding hydrogens is 329 g/mol. The average Bonchev–Trinajstić information content (AvgIpc) is 2.37. The minimum Gasteiger partial charge on any atom is -0.376 e. The summed E-state index contributed by atoms with van der Waals surface area (Å²) in [6.45, 7) is 1.89. The maximum Gasteiger partial charge on any atom is 0.534 e. The summed E-state index contributed by atoms with van der Waals surface area (Å²) in [6, 6.07) is 7.07. The smallest absolute Gasteiger partial charge is 0.376 e. The molecule has 114 valence electrons. The highest BCUT2D eigenvalue weighted by Gasteiger charge is 2.48. The molecule has 0 aliphatic rings. The number of hydrogen-bond donors (Lipinski definition) is 0. The van der Waals surface area contributed by atoms with E-state index in [1.165, 1.54) is 18.2 Å². The Balaban J connectivity index is 2.48. The Morgan fingerprint density at radius 3 is 2.43 bits per heavy atom. The van der Waals surface area contributed by atoms with Crippen LogP contribution in [0.1, 0.15) is 12.5 Å². The van der Waals surface area contributed by atoms with E-state index in [1.54, 1.807) is 12.1 Å². The van der Waals surface area contributed by atoms with Gasteiger partial charge in [0, 0.05) is 5.02 Å². The van der Waals surface area contributed by atoms with Crippen LogP contribution < -0.4 is 4.18 Å². The highest BCUT2D eigenvalue weighted by atomic mass is 35.5. The summed E-state index contributed by atoms with van der Waals surface area (Å²) in [5, 5.41) is 1.83. The molecule has 0 amide bonds. The molecule has 0 aliphatic heterocycles. The van der Waals surface area contributed by atoms with Gasteiger partial charge in [0.1, 0.15) is 5.75 Å². The molecule has 0 saturated heterocycles. The first-order chi connectivity index (χ1) is 9.65. The van der Waals surface area contributed by atoms with E-state index in [0.717, 1.165) is 10.9 Å². The van der Waals surface area contributed by atoms with Crippen LogP contribution in [-0.4, -0.2) is 13.9 Å². The number of aryl methyl sites for hydroxylation is 1. The molecule has 0 atom stereocenters. The van der Waals surface area contributed by atoms with Gasteiger partial charge in [0.05, 0.1) is 0 Å². The Morgan fingerprint density at radius 1 is 1.19 bits per heavy atom. The van der Waals surface area contributed by atoms with Crippen LogP contribution in [0.5, 0.6) is 5.75 Å². The lowest BCUT2D eigenvalue weighted by Crippen LogP contribution is -2.28. The van der Waals surface area contributed by atoms with Crippen molar-refractivity contribution < 1.29 is 25.8 Å². The van der Waals surface area contributed by atoms with Crippen molar-refractivity contribution in [2.75, 3.05) is 0 Å². The third kappa shape index (κ3) is 3.08. The van der Waals surface area contributed by atoms with Crippen molar-refractivity contribution in [2.24, 2.45) is 0 Å². The van der Waals surface area contributed by atoms with Gasteiger partial charge in [-0.15, -0.1) is 0 Å². The summed E-state index contributed by atoms with van der Waals surface area (Å²) in [5.74, 6) is -0.399. The maximum absolute atomic E-state index is 12.3. The predicted molar refractivity (Wildman–Crippen MR) is 73.9 cm³/mol. The van der Waals surface area contributed by atoms with Crippen LogP contribution in [0.2, 0.25) is 5.02 Å². The van der Waals surface area contributed by atoms with Gasteiger partial charge in [-0.25, -0.2) is 0 Å². The minimum atomic E-state index is -5.67. The first kappa shape index (κ1) is 15.9. The van der Waals surface area contributed by atoms with Crippen molar-refractivity contribution in [1.29, 1.82) is 0 Å². The molecular formula is C13H10ClF3O3S. The zero-order valence-corrected chi connectivity index (χ0v) is 12.3. The van der Waals surface area contributed by atoms with Crippen molar-refractivity contribution >= 4 is 32.5 Å². The molecule has 0 unspecified atom stereocenters. The molecule has 2 aromatic rings. The first-order valence-corrected chi connectivity index (χ1v) is 7.66. The molecule has 0 radical (unpaired) electrons. The van der Waals surface area contributed by atoms with Crippen LogP contribution >= 0.6 is 11.6 Å². The number of benzene rings is 2. The highest BCUT2D eigenvalue weighted by Crippen LogP contribution is 2.32. The molecule has 2 rings (SSSR count). The molecule has 0 heterocycles. The molecule has 0 spiro atoms. The molecule has 0 bridgehead atoms. The minimum absolute atomic E-state index is 0.399. The number of hydrogen-bond acceptors (Lipinski definition) is 3. The monoisotopic (exact) mass is 338 g/mol. The third-order valence-electron chi connectivity index (χ3n) is 2.89. The molecule has 0 fully saturated rings. The SMILES string of the molecule is CCc1c(Cl)ccc2cc(OS(=O)(=O)C(F)(F)F)ccc12. The summed E-state index contributed by atoms with van der Waals surface area (Å²) >= 11 is 6.03. The summed E-state index contributed by atoms with van der Waals surface area (Å²) in [5.41, 5.74) is -4.63. The highest BCUT2D eigenvalue weighted by molar-refractivity contribution is 7.88. The Bertz CT molecular complexity index is 785. The van der Waals surface area contributed by atoms with Crippen molar-refractivity contribution in [3.05, 3.63) is 40.9 Å². The fourth-order valence-corrected chi connectivity index (χ4v) is 2.68. The Kier molecular flexibility index (Phi) is 4.08. The van der Waals surface area contributed by atoms with Gasteiger partial charge in [0.2, 0.25) is 0 Å². The quantitative estimate of drug-likeness (QED) is 0.619. The summed E-state index contributed by atoms with van der Waals surface area (Å²) in [7, 11) is -5.67. The normalized spacial score (nSPS) is 12.6. The molecule has 8 heteroatoms. The largest absolute Gasteiger partial charge is 0.534 e. The lowest BCUT2D eigenvalue weighted by Gasteiger charge is -2.11. The van der Waals surface area contributed by atoms with Crippen LogP contribution in [0.15, 0.2) is 30.3 Å². The van der Waals surface area contributed by atoms with Gasteiger partial charge >= 0.3 is 15.6 Å². The Labute approximate surface area is 124 Å². The van der Waals surface area contributed by atoms with Crippen molar-refractivity contribution in [3.8, 4) is 5.75 Å². The van der Waals surface area contributed by atoms with E-state index in [1.807, 2.05) is 6.92 Å². The van der Waals surface area contributed by atoms with E-state index >= 15 is 0 Å². The lowest BCUT2D eigenvalue weighted by molar-refractivity contribution is -0.0500. The predicted octanol–water partition coefficient (Wildman–Crippen LogP) is 4.28. The summed E-state index contributed by atoms with van der Waals surface area (Å²) in [4.78, 5) is 0. The van der Waals surface area contributed by atoms with Crippen LogP contribution in [-0.2, 0) is 16.5 Å². The Hall–Kier alpha value is -1.47. The topological polar surface area (TPSA) is 43.4 Å². The third-order valence-corrected chi connectivity index (χ3v) is 4.22. The zero-order valence-electron chi connectivity index (χ0n) is 10.7. The number of alkyl halides is 3. The molecule has 21 heavy (non-hydrogen) atoms. The standard InChI is InChI=1S/C13H10ClF3O3S/c1-2-10-11-5-4-9(7-8(11)3-6-12(10)14)20-21(18,19)13(15,16)17/h3-7H,2H2,1H3. The second-order valence-corrected chi connectivity index (χ2v) is 6.19. The van der Waals surface area contributed by atoms with Gasteiger partial charge in [-0.05, 0) is 41.0 Å². The number of rotatable bonds is 3.